The summed E-state index contributed by atoms with van der Waals surface area (Å²) in [6.07, 6.45) is 0. The molecule has 0 bridgehead atoms. The summed E-state index contributed by atoms with van der Waals surface area (Å²) < 4.78 is 1.65. The summed E-state index contributed by atoms with van der Waals surface area (Å²) in [7, 11) is 0. The van der Waals surface area contributed by atoms with Gasteiger partial charge in [0.25, 0.3) is 0 Å². The number of hydrogen-bond acceptors (Lipinski definition) is 3. The number of hydrogen-bond donors (Lipinski definition) is 1. The Balaban J connectivity index is 2.19. The number of aryl methyl sites for hydroxylation is 3. The molecule has 2 aromatic heterocycles. The van der Waals surface area contributed by atoms with Gasteiger partial charge < -0.3 is 5.11 Å². The molecule has 0 spiro atoms. The van der Waals surface area contributed by atoms with Crippen LogP contribution in [0.1, 0.15) is 27.3 Å². The summed E-state index contributed by atoms with van der Waals surface area (Å²) in [5, 5.41) is 15.6. The fourth-order valence-corrected chi connectivity index (χ4v) is 3.59. The highest BCUT2D eigenvalue weighted by molar-refractivity contribution is 6.31. The molecule has 0 aliphatic heterocycles. The summed E-state index contributed by atoms with van der Waals surface area (Å²) in [6, 6.07) is 14.9. The van der Waals surface area contributed by atoms with Crippen molar-refractivity contribution in [3.05, 3.63) is 76.1 Å². The van der Waals surface area contributed by atoms with Gasteiger partial charge in [0.15, 0.2) is 0 Å². The van der Waals surface area contributed by atoms with Crippen LogP contribution in [0, 0.1) is 20.8 Å². The third-order valence-corrected chi connectivity index (χ3v) is 4.92. The smallest absolute Gasteiger partial charge is 0.338 e. The van der Waals surface area contributed by atoms with Crippen LogP contribution in [-0.4, -0.2) is 25.8 Å². The van der Waals surface area contributed by atoms with Crippen LogP contribution in [0.15, 0.2) is 48.5 Å². The van der Waals surface area contributed by atoms with Gasteiger partial charge in [0.05, 0.1) is 22.5 Å². The van der Waals surface area contributed by atoms with Gasteiger partial charge in [-0.25, -0.2) is 14.5 Å². The molecular formula is C22H18ClN3O2. The largest absolute Gasteiger partial charge is 0.478 e. The Morgan fingerprint density at radius 3 is 2.36 bits per heavy atom. The number of rotatable bonds is 3. The third-order valence-electron chi connectivity index (χ3n) is 4.68. The maximum atomic E-state index is 12.4. The van der Waals surface area contributed by atoms with E-state index in [9.17, 15) is 9.90 Å². The standard InChI is InChI=1S/C22H18ClN3O2/c1-12-4-6-15(7-5-12)20-21(26-14(3)10-13(2)25-26)19(22(27)28)17-11-16(23)8-9-18(17)24-20/h4-11H,1-3H3,(H,27,28). The van der Waals surface area contributed by atoms with Crippen molar-refractivity contribution >= 4 is 28.5 Å². The molecule has 28 heavy (non-hydrogen) atoms. The Labute approximate surface area is 167 Å². The quantitative estimate of drug-likeness (QED) is 0.510. The van der Waals surface area contributed by atoms with Gasteiger partial charge in [-0.3, -0.25) is 0 Å². The van der Waals surface area contributed by atoms with Gasteiger partial charge in [-0.1, -0.05) is 41.4 Å². The van der Waals surface area contributed by atoms with E-state index < -0.39 is 5.97 Å². The second-order valence-corrected chi connectivity index (χ2v) is 7.29. The molecule has 1 N–H and O–H groups in total. The Kier molecular flexibility index (Phi) is 4.40. The minimum absolute atomic E-state index is 0.134. The number of aromatic carboxylic acids is 1. The van der Waals surface area contributed by atoms with E-state index in [1.54, 1.807) is 22.9 Å². The van der Waals surface area contributed by atoms with Crippen molar-refractivity contribution < 1.29 is 9.90 Å². The number of benzene rings is 2. The molecule has 6 heteroatoms. The summed E-state index contributed by atoms with van der Waals surface area (Å²) in [6.45, 7) is 5.78. The molecule has 140 valence electrons. The molecule has 0 amide bonds. The maximum absolute atomic E-state index is 12.4. The van der Waals surface area contributed by atoms with Crippen LogP contribution >= 0.6 is 11.6 Å². The van der Waals surface area contributed by atoms with Crippen molar-refractivity contribution in [2.75, 3.05) is 0 Å². The summed E-state index contributed by atoms with van der Waals surface area (Å²) >= 11 is 6.16. The van der Waals surface area contributed by atoms with E-state index in [1.807, 2.05) is 51.1 Å². The molecule has 2 aromatic carbocycles. The van der Waals surface area contributed by atoms with E-state index in [-0.39, 0.29) is 5.56 Å². The zero-order chi connectivity index (χ0) is 20.0. The van der Waals surface area contributed by atoms with Crippen molar-refractivity contribution in [3.63, 3.8) is 0 Å². The second-order valence-electron chi connectivity index (χ2n) is 6.86. The number of carboxylic acid groups (broad SMARTS) is 1. The Bertz CT molecular complexity index is 1230. The first kappa shape index (κ1) is 18.2. The lowest BCUT2D eigenvalue weighted by molar-refractivity contribution is 0.0699. The predicted octanol–water partition coefficient (Wildman–Crippen LogP) is 5.36. The number of carboxylic acids is 1. The molecule has 5 nitrogen and oxygen atoms in total. The molecule has 0 unspecified atom stereocenters. The van der Waals surface area contributed by atoms with E-state index in [0.717, 1.165) is 22.5 Å². The molecule has 0 aliphatic rings. The van der Waals surface area contributed by atoms with Crippen molar-refractivity contribution in [2.24, 2.45) is 0 Å². The van der Waals surface area contributed by atoms with Crippen LogP contribution in [0.5, 0.6) is 0 Å². The van der Waals surface area contributed by atoms with Crippen LogP contribution in [-0.2, 0) is 0 Å². The van der Waals surface area contributed by atoms with Crippen molar-refractivity contribution in [1.29, 1.82) is 0 Å². The monoisotopic (exact) mass is 391 g/mol. The summed E-state index contributed by atoms with van der Waals surface area (Å²) in [5.41, 5.74) is 5.29. The van der Waals surface area contributed by atoms with Gasteiger partial charge in [0.1, 0.15) is 5.69 Å². The highest BCUT2D eigenvalue weighted by Gasteiger charge is 2.24. The molecule has 0 saturated heterocycles. The summed E-state index contributed by atoms with van der Waals surface area (Å²) in [5.74, 6) is -1.05. The third kappa shape index (κ3) is 3.04. The lowest BCUT2D eigenvalue weighted by atomic mass is 10.00. The first-order valence-electron chi connectivity index (χ1n) is 8.82. The fraction of sp³-hybridized carbons (Fsp3) is 0.136. The predicted molar refractivity (Wildman–Crippen MR) is 110 cm³/mol. The fourth-order valence-electron chi connectivity index (χ4n) is 3.42. The molecule has 0 fully saturated rings. The van der Waals surface area contributed by atoms with Gasteiger partial charge >= 0.3 is 5.97 Å². The Morgan fingerprint density at radius 2 is 1.75 bits per heavy atom. The highest BCUT2D eigenvalue weighted by Crippen LogP contribution is 2.35. The van der Waals surface area contributed by atoms with Gasteiger partial charge in [0, 0.05) is 21.7 Å². The van der Waals surface area contributed by atoms with Crippen LogP contribution in [0.25, 0.3) is 27.8 Å². The van der Waals surface area contributed by atoms with Gasteiger partial charge in [-0.15, -0.1) is 0 Å². The normalized spacial score (nSPS) is 11.1. The highest BCUT2D eigenvalue weighted by atomic mass is 35.5. The minimum Gasteiger partial charge on any atom is -0.478 e. The SMILES string of the molecule is Cc1ccc(-c2nc3ccc(Cl)cc3c(C(=O)O)c2-n2nc(C)cc2C)cc1. The van der Waals surface area contributed by atoms with E-state index in [1.165, 1.54) is 0 Å². The lowest BCUT2D eigenvalue weighted by Gasteiger charge is -2.17. The minimum atomic E-state index is -1.05. The molecule has 0 atom stereocenters. The van der Waals surface area contributed by atoms with Crippen molar-refractivity contribution in [1.82, 2.24) is 14.8 Å². The van der Waals surface area contributed by atoms with E-state index >= 15 is 0 Å². The second kappa shape index (κ2) is 6.77. The van der Waals surface area contributed by atoms with Crippen molar-refractivity contribution in [2.45, 2.75) is 20.8 Å². The van der Waals surface area contributed by atoms with Crippen LogP contribution in [0.4, 0.5) is 0 Å². The Hall–Kier alpha value is -3.18. The van der Waals surface area contributed by atoms with Crippen molar-refractivity contribution in [3.8, 4) is 16.9 Å². The zero-order valence-electron chi connectivity index (χ0n) is 15.7. The van der Waals surface area contributed by atoms with E-state index in [0.29, 0.717) is 27.3 Å². The first-order valence-corrected chi connectivity index (χ1v) is 9.20. The topological polar surface area (TPSA) is 68.0 Å². The van der Waals surface area contributed by atoms with Crippen LogP contribution in [0.2, 0.25) is 5.02 Å². The number of aromatic nitrogens is 3. The number of nitrogens with zero attached hydrogens (tertiary/aromatic N) is 3. The molecule has 2 heterocycles. The van der Waals surface area contributed by atoms with Crippen LogP contribution in [0.3, 0.4) is 0 Å². The first-order chi connectivity index (χ1) is 13.3. The number of pyridine rings is 1. The molecule has 4 aromatic rings. The van der Waals surface area contributed by atoms with E-state index in [4.69, 9.17) is 16.6 Å². The van der Waals surface area contributed by atoms with Crippen LogP contribution < -0.4 is 0 Å². The average Bonchev–Trinajstić information content (AvgIpc) is 2.98. The van der Waals surface area contributed by atoms with E-state index in [2.05, 4.69) is 5.10 Å². The Morgan fingerprint density at radius 1 is 1.04 bits per heavy atom. The van der Waals surface area contributed by atoms with Gasteiger partial charge in [-0.05, 0) is 45.0 Å². The zero-order valence-corrected chi connectivity index (χ0v) is 16.4. The molecule has 0 saturated carbocycles. The number of halogens is 1. The van der Waals surface area contributed by atoms with Gasteiger partial charge in [0.2, 0.25) is 0 Å². The lowest BCUT2D eigenvalue weighted by Crippen LogP contribution is -2.12. The molecular weight excluding hydrogens is 374 g/mol. The number of carbonyl (C=O) groups is 1. The molecule has 0 aliphatic carbocycles. The molecule has 0 radical (unpaired) electrons. The average molecular weight is 392 g/mol. The molecule has 4 rings (SSSR count). The number of fused-ring (bicyclic) bond motifs is 1. The van der Waals surface area contributed by atoms with Gasteiger partial charge in [-0.2, -0.15) is 5.10 Å². The summed E-state index contributed by atoms with van der Waals surface area (Å²) in [4.78, 5) is 17.2. The maximum Gasteiger partial charge on any atom is 0.338 e.